The van der Waals surface area contributed by atoms with Crippen LogP contribution in [0.1, 0.15) is 28.3 Å². The Kier molecular flexibility index (Phi) is 4.76. The zero-order valence-electron chi connectivity index (χ0n) is 11.6. The van der Waals surface area contributed by atoms with Gasteiger partial charge in [0.2, 0.25) is 0 Å². The zero-order valence-corrected chi connectivity index (χ0v) is 12.3. The van der Waals surface area contributed by atoms with Crippen molar-refractivity contribution in [2.45, 2.75) is 26.3 Å². The van der Waals surface area contributed by atoms with Crippen molar-refractivity contribution in [3.8, 4) is 0 Å². The summed E-state index contributed by atoms with van der Waals surface area (Å²) in [6.07, 6.45) is 0.452. The Morgan fingerprint density at radius 3 is 2.70 bits per heavy atom. The Balaban J connectivity index is 2.34. The number of nitrogens with two attached hydrogens (primary N) is 1. The van der Waals surface area contributed by atoms with Gasteiger partial charge in [0.05, 0.1) is 6.04 Å². The molecule has 0 amide bonds. The van der Waals surface area contributed by atoms with E-state index in [9.17, 15) is 4.39 Å². The highest BCUT2D eigenvalue weighted by Gasteiger charge is 2.16. The average Bonchev–Trinajstić information content (AvgIpc) is 2.43. The topological polar surface area (TPSA) is 38.0 Å². The van der Waals surface area contributed by atoms with E-state index in [0.29, 0.717) is 17.0 Å². The van der Waals surface area contributed by atoms with Gasteiger partial charge in [0, 0.05) is 5.02 Å². The first kappa shape index (κ1) is 15.0. The molecule has 2 aromatic rings. The quantitative estimate of drug-likeness (QED) is 0.664. The lowest BCUT2D eigenvalue weighted by Gasteiger charge is -2.20. The third-order valence-electron chi connectivity index (χ3n) is 3.65. The van der Waals surface area contributed by atoms with E-state index >= 15 is 0 Å². The van der Waals surface area contributed by atoms with Gasteiger partial charge in [-0.1, -0.05) is 29.8 Å². The van der Waals surface area contributed by atoms with Gasteiger partial charge >= 0.3 is 0 Å². The SMILES string of the molecule is Cc1cccc(C(Cc2cc(Cl)ccc2F)NN)c1C. The molecule has 2 rings (SSSR count). The van der Waals surface area contributed by atoms with Crippen LogP contribution in [0, 0.1) is 19.7 Å². The zero-order chi connectivity index (χ0) is 14.7. The molecule has 0 aliphatic heterocycles. The summed E-state index contributed by atoms with van der Waals surface area (Å²) in [6.45, 7) is 4.09. The standard InChI is InChI=1S/C16H18ClFN2/c1-10-4-3-5-14(11(10)2)16(20-19)9-12-8-13(17)6-7-15(12)18/h3-8,16,20H,9,19H2,1-2H3. The number of hydrazine groups is 1. The van der Waals surface area contributed by atoms with Gasteiger partial charge in [-0.25, -0.2) is 4.39 Å². The summed E-state index contributed by atoms with van der Waals surface area (Å²) in [7, 11) is 0. The highest BCUT2D eigenvalue weighted by Crippen LogP contribution is 2.25. The molecular weight excluding hydrogens is 275 g/mol. The minimum absolute atomic E-state index is 0.150. The molecule has 1 unspecified atom stereocenters. The maximum absolute atomic E-state index is 13.8. The van der Waals surface area contributed by atoms with E-state index in [-0.39, 0.29) is 11.9 Å². The molecule has 0 aliphatic rings. The molecule has 0 aromatic heterocycles. The van der Waals surface area contributed by atoms with Crippen molar-refractivity contribution in [1.82, 2.24) is 5.43 Å². The van der Waals surface area contributed by atoms with Crippen molar-refractivity contribution >= 4 is 11.6 Å². The van der Waals surface area contributed by atoms with Crippen molar-refractivity contribution < 1.29 is 4.39 Å². The predicted molar refractivity (Wildman–Crippen MR) is 81.1 cm³/mol. The molecule has 4 heteroatoms. The smallest absolute Gasteiger partial charge is 0.126 e. The van der Waals surface area contributed by atoms with Crippen LogP contribution in [0.3, 0.4) is 0 Å². The molecule has 0 saturated heterocycles. The highest BCUT2D eigenvalue weighted by molar-refractivity contribution is 6.30. The second-order valence-electron chi connectivity index (χ2n) is 4.95. The monoisotopic (exact) mass is 292 g/mol. The number of nitrogens with one attached hydrogen (secondary N) is 1. The van der Waals surface area contributed by atoms with Gasteiger partial charge in [-0.2, -0.15) is 0 Å². The van der Waals surface area contributed by atoms with Crippen LogP contribution in [0.2, 0.25) is 5.02 Å². The molecule has 20 heavy (non-hydrogen) atoms. The van der Waals surface area contributed by atoms with Crippen molar-refractivity contribution in [3.05, 3.63) is 69.5 Å². The minimum Gasteiger partial charge on any atom is -0.271 e. The van der Waals surface area contributed by atoms with Crippen molar-refractivity contribution in [2.75, 3.05) is 0 Å². The first-order valence-corrected chi connectivity index (χ1v) is 6.87. The molecule has 3 N–H and O–H groups in total. The Morgan fingerprint density at radius 1 is 1.25 bits per heavy atom. The molecule has 0 fully saturated rings. The van der Waals surface area contributed by atoms with Crippen LogP contribution < -0.4 is 11.3 Å². The molecule has 0 radical (unpaired) electrons. The molecule has 2 aromatic carbocycles. The summed E-state index contributed by atoms with van der Waals surface area (Å²) in [6, 6.07) is 10.5. The first-order chi connectivity index (χ1) is 9.52. The van der Waals surface area contributed by atoms with Crippen LogP contribution in [0.4, 0.5) is 4.39 Å². The van der Waals surface area contributed by atoms with Crippen LogP contribution in [-0.4, -0.2) is 0 Å². The number of rotatable bonds is 4. The van der Waals surface area contributed by atoms with Crippen LogP contribution in [0.5, 0.6) is 0 Å². The largest absolute Gasteiger partial charge is 0.271 e. The first-order valence-electron chi connectivity index (χ1n) is 6.49. The summed E-state index contributed by atoms with van der Waals surface area (Å²) >= 11 is 5.93. The van der Waals surface area contributed by atoms with Gasteiger partial charge in [-0.3, -0.25) is 11.3 Å². The van der Waals surface area contributed by atoms with Crippen molar-refractivity contribution in [1.29, 1.82) is 0 Å². The van der Waals surface area contributed by atoms with Crippen LogP contribution in [0.25, 0.3) is 0 Å². The number of hydrogen-bond donors (Lipinski definition) is 2. The Bertz CT molecular complexity index is 613. The number of halogens is 2. The van der Waals surface area contributed by atoms with Gasteiger partial charge in [0.1, 0.15) is 5.82 Å². The molecule has 0 heterocycles. The summed E-state index contributed by atoms with van der Waals surface area (Å²) in [5.74, 6) is 5.39. The molecule has 1 atom stereocenters. The van der Waals surface area contributed by atoms with E-state index in [4.69, 9.17) is 17.4 Å². The lowest BCUT2D eigenvalue weighted by atomic mass is 9.93. The molecule has 2 nitrogen and oxygen atoms in total. The average molecular weight is 293 g/mol. The predicted octanol–water partition coefficient (Wildman–Crippen LogP) is 3.84. The summed E-state index contributed by atoms with van der Waals surface area (Å²) in [4.78, 5) is 0. The number of benzene rings is 2. The van der Waals surface area contributed by atoms with E-state index in [1.807, 2.05) is 32.0 Å². The normalized spacial score (nSPS) is 12.4. The summed E-state index contributed by atoms with van der Waals surface area (Å²) < 4.78 is 13.8. The van der Waals surface area contributed by atoms with Gasteiger partial charge in [0.15, 0.2) is 0 Å². The molecule has 0 bridgehead atoms. The Labute approximate surface area is 123 Å². The highest BCUT2D eigenvalue weighted by atomic mass is 35.5. The number of hydrogen-bond acceptors (Lipinski definition) is 2. The van der Waals surface area contributed by atoms with Crippen LogP contribution >= 0.6 is 11.6 Å². The third-order valence-corrected chi connectivity index (χ3v) is 3.89. The van der Waals surface area contributed by atoms with Gasteiger partial charge in [0.25, 0.3) is 0 Å². The fraction of sp³-hybridized carbons (Fsp3) is 0.250. The van der Waals surface area contributed by atoms with Gasteiger partial charge in [-0.05, 0) is 60.7 Å². The molecule has 0 spiro atoms. The minimum atomic E-state index is -0.264. The van der Waals surface area contributed by atoms with Crippen molar-refractivity contribution in [2.24, 2.45) is 5.84 Å². The lowest BCUT2D eigenvalue weighted by Crippen LogP contribution is -2.30. The second kappa shape index (κ2) is 6.35. The maximum Gasteiger partial charge on any atom is 0.126 e. The fourth-order valence-electron chi connectivity index (χ4n) is 2.33. The second-order valence-corrected chi connectivity index (χ2v) is 5.38. The Hall–Kier alpha value is -1.42. The van der Waals surface area contributed by atoms with Gasteiger partial charge < -0.3 is 0 Å². The lowest BCUT2D eigenvalue weighted by molar-refractivity contribution is 0.527. The van der Waals surface area contributed by atoms with Crippen LogP contribution in [-0.2, 0) is 6.42 Å². The molecule has 0 aliphatic carbocycles. The van der Waals surface area contributed by atoms with Gasteiger partial charge in [-0.15, -0.1) is 0 Å². The van der Waals surface area contributed by atoms with E-state index < -0.39 is 0 Å². The molecule has 0 saturated carbocycles. The summed E-state index contributed by atoms with van der Waals surface area (Å²) in [5, 5.41) is 0.526. The van der Waals surface area contributed by atoms with E-state index in [1.165, 1.54) is 11.6 Å². The third kappa shape index (κ3) is 3.18. The number of aryl methyl sites for hydroxylation is 1. The van der Waals surface area contributed by atoms with Crippen molar-refractivity contribution in [3.63, 3.8) is 0 Å². The van der Waals surface area contributed by atoms with Crippen LogP contribution in [0.15, 0.2) is 36.4 Å². The van der Waals surface area contributed by atoms with E-state index in [2.05, 4.69) is 5.43 Å². The molecule has 106 valence electrons. The van der Waals surface area contributed by atoms with E-state index in [0.717, 1.165) is 11.1 Å². The molecular formula is C16H18ClFN2. The summed E-state index contributed by atoms with van der Waals surface area (Å²) in [5.41, 5.74) is 6.76. The van der Waals surface area contributed by atoms with E-state index in [1.54, 1.807) is 12.1 Å². The Morgan fingerprint density at radius 2 is 2.00 bits per heavy atom. The maximum atomic E-state index is 13.8. The fourth-order valence-corrected chi connectivity index (χ4v) is 2.52.